The number of nitrogens with two attached hydrogens (primary N) is 1. The van der Waals surface area contributed by atoms with Crippen LogP contribution >= 0.6 is 0 Å². The Balaban J connectivity index is 2.16. The third kappa shape index (κ3) is 2.04. The summed E-state index contributed by atoms with van der Waals surface area (Å²) in [4.78, 5) is 0. The fraction of sp³-hybridized carbons (Fsp3) is 0.176. The van der Waals surface area contributed by atoms with Gasteiger partial charge in [0.15, 0.2) is 0 Å². The van der Waals surface area contributed by atoms with Crippen molar-refractivity contribution < 1.29 is 4.42 Å². The minimum absolute atomic E-state index is 0.570. The van der Waals surface area contributed by atoms with Gasteiger partial charge in [0, 0.05) is 17.5 Å². The molecule has 1 aromatic heterocycles. The maximum Gasteiger partial charge on any atom is 0.137 e. The fourth-order valence-corrected chi connectivity index (χ4v) is 2.47. The third-order valence-corrected chi connectivity index (χ3v) is 3.53. The average Bonchev–Trinajstić information content (AvgIpc) is 2.83. The molecule has 2 aromatic carbocycles. The molecule has 0 saturated heterocycles. The highest BCUT2D eigenvalue weighted by Gasteiger charge is 2.10. The molecule has 2 nitrogen and oxygen atoms in total. The lowest BCUT2D eigenvalue weighted by atomic mass is 10.0. The van der Waals surface area contributed by atoms with Crippen molar-refractivity contribution in [1.29, 1.82) is 0 Å². The standard InChI is InChI=1S/C17H17NO/c1-11-4-3-5-14-9-16(19-17(11)14)15-7-6-13(10-18)8-12(15)2/h3-9H,10,18H2,1-2H3. The third-order valence-electron chi connectivity index (χ3n) is 3.53. The molecule has 0 bridgehead atoms. The number of benzene rings is 2. The zero-order chi connectivity index (χ0) is 13.4. The Kier molecular flexibility index (Phi) is 2.88. The van der Waals surface area contributed by atoms with Crippen LogP contribution in [-0.4, -0.2) is 0 Å². The first-order chi connectivity index (χ1) is 9.19. The lowest BCUT2D eigenvalue weighted by Crippen LogP contribution is -1.96. The van der Waals surface area contributed by atoms with Crippen molar-refractivity contribution in [3.05, 3.63) is 59.2 Å². The quantitative estimate of drug-likeness (QED) is 0.742. The molecule has 0 unspecified atom stereocenters. The molecule has 96 valence electrons. The van der Waals surface area contributed by atoms with Crippen LogP contribution in [0.1, 0.15) is 16.7 Å². The highest BCUT2D eigenvalue weighted by atomic mass is 16.3. The molecule has 0 spiro atoms. The number of hydrogen-bond acceptors (Lipinski definition) is 2. The van der Waals surface area contributed by atoms with Crippen LogP contribution in [0.3, 0.4) is 0 Å². The lowest BCUT2D eigenvalue weighted by Gasteiger charge is -2.04. The molecular formula is C17H17NO. The van der Waals surface area contributed by atoms with E-state index >= 15 is 0 Å². The Bertz CT molecular complexity index is 740. The molecule has 0 amide bonds. The van der Waals surface area contributed by atoms with Crippen LogP contribution < -0.4 is 5.73 Å². The van der Waals surface area contributed by atoms with Crippen molar-refractivity contribution in [1.82, 2.24) is 0 Å². The normalized spacial score (nSPS) is 11.1. The number of furan rings is 1. The van der Waals surface area contributed by atoms with Crippen LogP contribution in [0.5, 0.6) is 0 Å². The zero-order valence-corrected chi connectivity index (χ0v) is 11.2. The summed E-state index contributed by atoms with van der Waals surface area (Å²) in [6.07, 6.45) is 0. The summed E-state index contributed by atoms with van der Waals surface area (Å²) in [7, 11) is 0. The first kappa shape index (κ1) is 12.0. The van der Waals surface area contributed by atoms with Gasteiger partial charge in [0.1, 0.15) is 11.3 Å². The summed E-state index contributed by atoms with van der Waals surface area (Å²) in [5.74, 6) is 0.922. The topological polar surface area (TPSA) is 39.2 Å². The van der Waals surface area contributed by atoms with Crippen molar-refractivity contribution in [3.8, 4) is 11.3 Å². The van der Waals surface area contributed by atoms with Gasteiger partial charge < -0.3 is 10.2 Å². The molecule has 19 heavy (non-hydrogen) atoms. The van der Waals surface area contributed by atoms with Crippen molar-refractivity contribution in [3.63, 3.8) is 0 Å². The molecule has 0 aliphatic rings. The smallest absolute Gasteiger partial charge is 0.137 e. The van der Waals surface area contributed by atoms with Crippen molar-refractivity contribution >= 4 is 11.0 Å². The largest absolute Gasteiger partial charge is 0.456 e. The monoisotopic (exact) mass is 251 g/mol. The first-order valence-corrected chi connectivity index (χ1v) is 6.48. The van der Waals surface area contributed by atoms with E-state index in [0.717, 1.165) is 27.9 Å². The molecule has 0 radical (unpaired) electrons. The molecule has 1 heterocycles. The van der Waals surface area contributed by atoms with Crippen molar-refractivity contribution in [2.45, 2.75) is 20.4 Å². The zero-order valence-electron chi connectivity index (χ0n) is 11.2. The van der Waals surface area contributed by atoms with Crippen LogP contribution in [0.4, 0.5) is 0 Å². The maximum absolute atomic E-state index is 6.01. The second-order valence-corrected chi connectivity index (χ2v) is 4.96. The van der Waals surface area contributed by atoms with E-state index < -0.39 is 0 Å². The van der Waals surface area contributed by atoms with Crippen molar-refractivity contribution in [2.24, 2.45) is 5.73 Å². The number of rotatable bonds is 2. The van der Waals surface area contributed by atoms with E-state index in [1.807, 2.05) is 0 Å². The van der Waals surface area contributed by atoms with Gasteiger partial charge >= 0.3 is 0 Å². The van der Waals surface area contributed by atoms with E-state index in [0.29, 0.717) is 6.54 Å². The molecule has 3 rings (SSSR count). The predicted molar refractivity (Wildman–Crippen MR) is 79.0 cm³/mol. The van der Waals surface area contributed by atoms with E-state index in [4.69, 9.17) is 10.2 Å². The molecular weight excluding hydrogens is 234 g/mol. The van der Waals surface area contributed by atoms with Crippen molar-refractivity contribution in [2.75, 3.05) is 0 Å². The van der Waals surface area contributed by atoms with Gasteiger partial charge in [0.25, 0.3) is 0 Å². The lowest BCUT2D eigenvalue weighted by molar-refractivity contribution is 0.628. The second-order valence-electron chi connectivity index (χ2n) is 4.96. The molecule has 3 aromatic rings. The van der Waals surface area contributed by atoms with E-state index in [1.165, 1.54) is 11.1 Å². The van der Waals surface area contributed by atoms with Crippen LogP contribution in [0.2, 0.25) is 0 Å². The highest BCUT2D eigenvalue weighted by Crippen LogP contribution is 2.31. The van der Waals surface area contributed by atoms with Gasteiger partial charge in [0.2, 0.25) is 0 Å². The van der Waals surface area contributed by atoms with Gasteiger partial charge in [-0.2, -0.15) is 0 Å². The molecule has 0 aliphatic heterocycles. The molecule has 0 atom stereocenters. The SMILES string of the molecule is Cc1cc(CN)ccc1-c1cc2cccc(C)c2o1. The molecule has 2 heteroatoms. The number of fused-ring (bicyclic) bond motifs is 1. The summed E-state index contributed by atoms with van der Waals surface area (Å²) in [6.45, 7) is 4.73. The van der Waals surface area contributed by atoms with Gasteiger partial charge in [-0.05, 0) is 36.6 Å². The van der Waals surface area contributed by atoms with E-state index in [-0.39, 0.29) is 0 Å². The van der Waals surface area contributed by atoms with E-state index in [9.17, 15) is 0 Å². The number of para-hydroxylation sites is 1. The number of hydrogen-bond donors (Lipinski definition) is 1. The number of aryl methyl sites for hydroxylation is 2. The highest BCUT2D eigenvalue weighted by molar-refractivity contribution is 5.85. The van der Waals surface area contributed by atoms with Gasteiger partial charge in [-0.15, -0.1) is 0 Å². The molecule has 0 saturated carbocycles. The van der Waals surface area contributed by atoms with Gasteiger partial charge in [-0.1, -0.05) is 36.4 Å². The summed E-state index contributed by atoms with van der Waals surface area (Å²) in [5.41, 5.74) is 11.3. The Morgan fingerprint density at radius 3 is 2.53 bits per heavy atom. The Labute approximate surface area is 112 Å². The van der Waals surface area contributed by atoms with Crippen LogP contribution in [-0.2, 0) is 6.54 Å². The van der Waals surface area contributed by atoms with Gasteiger partial charge in [-0.25, -0.2) is 0 Å². The predicted octanol–water partition coefficient (Wildman–Crippen LogP) is 4.18. The summed E-state index contributed by atoms with van der Waals surface area (Å²) < 4.78 is 6.01. The van der Waals surface area contributed by atoms with Crippen LogP contribution in [0.25, 0.3) is 22.3 Å². The first-order valence-electron chi connectivity index (χ1n) is 6.48. The van der Waals surface area contributed by atoms with Gasteiger partial charge in [0.05, 0.1) is 0 Å². The molecule has 2 N–H and O–H groups in total. The van der Waals surface area contributed by atoms with E-state index in [1.54, 1.807) is 0 Å². The Morgan fingerprint density at radius 2 is 1.84 bits per heavy atom. The summed E-state index contributed by atoms with van der Waals surface area (Å²) in [6, 6.07) is 14.6. The second kappa shape index (κ2) is 4.56. The van der Waals surface area contributed by atoms with E-state index in [2.05, 4.69) is 56.3 Å². The molecule has 0 aliphatic carbocycles. The minimum Gasteiger partial charge on any atom is -0.456 e. The Morgan fingerprint density at radius 1 is 1.00 bits per heavy atom. The summed E-state index contributed by atoms with van der Waals surface area (Å²) >= 11 is 0. The maximum atomic E-state index is 6.01. The minimum atomic E-state index is 0.570. The average molecular weight is 251 g/mol. The Hall–Kier alpha value is -2.06. The summed E-state index contributed by atoms with van der Waals surface area (Å²) in [5, 5.41) is 1.15. The fourth-order valence-electron chi connectivity index (χ4n) is 2.47. The molecule has 0 fully saturated rings. The van der Waals surface area contributed by atoms with Crippen LogP contribution in [0, 0.1) is 13.8 Å². The van der Waals surface area contributed by atoms with Gasteiger partial charge in [-0.3, -0.25) is 0 Å². The van der Waals surface area contributed by atoms with Crippen LogP contribution in [0.15, 0.2) is 46.9 Å².